The van der Waals surface area contributed by atoms with E-state index in [0.29, 0.717) is 12.7 Å². The lowest BCUT2D eigenvalue weighted by molar-refractivity contribution is 0.0378. The first-order valence-electron chi connectivity index (χ1n) is 6.06. The molecule has 0 amide bonds. The Kier molecular flexibility index (Phi) is 6.86. The minimum atomic E-state index is 0.370. The van der Waals surface area contributed by atoms with Crippen molar-refractivity contribution in [2.24, 2.45) is 0 Å². The summed E-state index contributed by atoms with van der Waals surface area (Å²) in [5.41, 5.74) is 1.23. The highest BCUT2D eigenvalue weighted by Crippen LogP contribution is 2.01. The van der Waals surface area contributed by atoms with Gasteiger partial charge in [0.25, 0.3) is 0 Å². The van der Waals surface area contributed by atoms with E-state index in [1.807, 2.05) is 18.2 Å². The Labute approximate surface area is 98.6 Å². The molecule has 0 radical (unpaired) electrons. The summed E-state index contributed by atoms with van der Waals surface area (Å²) in [5.74, 6) is 0. The Bertz CT molecular complexity index is 259. The van der Waals surface area contributed by atoms with Gasteiger partial charge < -0.3 is 9.47 Å². The zero-order valence-electron chi connectivity index (χ0n) is 10.3. The predicted molar refractivity (Wildman–Crippen MR) is 66.4 cm³/mol. The summed E-state index contributed by atoms with van der Waals surface area (Å²) < 4.78 is 11.1. The molecular formula is C14H22O2. The van der Waals surface area contributed by atoms with Gasteiger partial charge in [0, 0.05) is 13.2 Å². The molecule has 1 rings (SSSR count). The summed E-state index contributed by atoms with van der Waals surface area (Å²) >= 11 is 0. The van der Waals surface area contributed by atoms with E-state index >= 15 is 0 Å². The first-order chi connectivity index (χ1) is 7.83. The van der Waals surface area contributed by atoms with Crippen molar-refractivity contribution in [2.75, 3.05) is 13.2 Å². The van der Waals surface area contributed by atoms with Gasteiger partial charge in [-0.3, -0.25) is 0 Å². The molecule has 0 aliphatic rings. The topological polar surface area (TPSA) is 18.5 Å². The van der Waals surface area contributed by atoms with Crippen LogP contribution in [0.2, 0.25) is 0 Å². The molecule has 0 aromatic heterocycles. The number of rotatable bonds is 8. The molecule has 0 aliphatic carbocycles. The van der Waals surface area contributed by atoms with Crippen LogP contribution < -0.4 is 0 Å². The summed E-state index contributed by atoms with van der Waals surface area (Å²) in [6.07, 6.45) is 2.41. The van der Waals surface area contributed by atoms with Crippen molar-refractivity contribution in [3.05, 3.63) is 35.9 Å². The van der Waals surface area contributed by atoms with Crippen molar-refractivity contribution < 1.29 is 9.47 Å². The van der Waals surface area contributed by atoms with Gasteiger partial charge >= 0.3 is 0 Å². The third kappa shape index (κ3) is 5.89. The molecule has 0 bridgehead atoms. The standard InChI is InChI=1S/C14H22O2/c1-3-13(2)16-11-7-10-15-12-14-8-5-4-6-9-14/h4-6,8-9,13H,3,7,10-12H2,1-2H3. The normalized spacial score (nSPS) is 12.6. The lowest BCUT2D eigenvalue weighted by Crippen LogP contribution is -2.09. The minimum absolute atomic E-state index is 0.370. The Hall–Kier alpha value is -0.860. The fraction of sp³-hybridized carbons (Fsp3) is 0.571. The summed E-state index contributed by atoms with van der Waals surface area (Å²) in [6.45, 7) is 6.50. The smallest absolute Gasteiger partial charge is 0.0716 e. The molecule has 0 fully saturated rings. The van der Waals surface area contributed by atoms with E-state index in [1.54, 1.807) is 0 Å². The summed E-state index contributed by atoms with van der Waals surface area (Å²) in [4.78, 5) is 0. The average molecular weight is 222 g/mol. The quantitative estimate of drug-likeness (QED) is 0.627. The second-order valence-electron chi connectivity index (χ2n) is 3.98. The fourth-order valence-corrected chi connectivity index (χ4v) is 1.33. The molecule has 1 atom stereocenters. The highest BCUT2D eigenvalue weighted by atomic mass is 16.5. The SMILES string of the molecule is CCC(C)OCCCOCc1ccccc1. The maximum Gasteiger partial charge on any atom is 0.0716 e. The molecule has 0 N–H and O–H groups in total. The monoisotopic (exact) mass is 222 g/mol. The van der Waals surface area contributed by atoms with Gasteiger partial charge in [-0.05, 0) is 25.3 Å². The number of hydrogen-bond acceptors (Lipinski definition) is 2. The predicted octanol–water partition coefficient (Wildman–Crippen LogP) is 3.41. The van der Waals surface area contributed by atoms with Crippen LogP contribution in [0.15, 0.2) is 30.3 Å². The highest BCUT2D eigenvalue weighted by molar-refractivity contribution is 5.13. The Morgan fingerprint density at radius 3 is 2.56 bits per heavy atom. The first-order valence-corrected chi connectivity index (χ1v) is 6.06. The van der Waals surface area contributed by atoms with Crippen LogP contribution in [0.1, 0.15) is 32.3 Å². The van der Waals surface area contributed by atoms with Crippen LogP contribution in [-0.2, 0) is 16.1 Å². The number of ether oxygens (including phenoxy) is 2. The second kappa shape index (κ2) is 8.31. The van der Waals surface area contributed by atoms with Gasteiger partial charge in [0.05, 0.1) is 12.7 Å². The van der Waals surface area contributed by atoms with E-state index in [9.17, 15) is 0 Å². The molecule has 2 nitrogen and oxygen atoms in total. The van der Waals surface area contributed by atoms with Crippen LogP contribution in [0.4, 0.5) is 0 Å². The minimum Gasteiger partial charge on any atom is -0.378 e. The van der Waals surface area contributed by atoms with Gasteiger partial charge in [0.15, 0.2) is 0 Å². The van der Waals surface area contributed by atoms with Gasteiger partial charge in [0.1, 0.15) is 0 Å². The molecule has 1 aromatic carbocycles. The van der Waals surface area contributed by atoms with Crippen molar-refractivity contribution in [1.82, 2.24) is 0 Å². The highest BCUT2D eigenvalue weighted by Gasteiger charge is 1.97. The van der Waals surface area contributed by atoms with E-state index < -0.39 is 0 Å². The van der Waals surface area contributed by atoms with Gasteiger partial charge in [0.2, 0.25) is 0 Å². The Morgan fingerprint density at radius 2 is 1.88 bits per heavy atom. The van der Waals surface area contributed by atoms with Crippen molar-refractivity contribution in [3.63, 3.8) is 0 Å². The summed E-state index contributed by atoms with van der Waals surface area (Å²) in [5, 5.41) is 0. The van der Waals surface area contributed by atoms with Crippen molar-refractivity contribution in [1.29, 1.82) is 0 Å². The zero-order chi connectivity index (χ0) is 11.6. The van der Waals surface area contributed by atoms with Crippen LogP contribution in [0, 0.1) is 0 Å². The fourth-order valence-electron chi connectivity index (χ4n) is 1.33. The Balaban J connectivity index is 1.96. The second-order valence-corrected chi connectivity index (χ2v) is 3.98. The van der Waals surface area contributed by atoms with Crippen LogP contribution in [0.3, 0.4) is 0 Å². The number of hydrogen-bond donors (Lipinski definition) is 0. The van der Waals surface area contributed by atoms with E-state index in [2.05, 4.69) is 26.0 Å². The molecule has 2 heteroatoms. The molecule has 0 spiro atoms. The molecule has 0 heterocycles. The lowest BCUT2D eigenvalue weighted by atomic mass is 10.2. The number of benzene rings is 1. The van der Waals surface area contributed by atoms with Crippen LogP contribution >= 0.6 is 0 Å². The average Bonchev–Trinajstić information content (AvgIpc) is 2.34. The van der Waals surface area contributed by atoms with Crippen molar-refractivity contribution in [3.8, 4) is 0 Å². The van der Waals surface area contributed by atoms with Crippen molar-refractivity contribution in [2.45, 2.75) is 39.4 Å². The summed E-state index contributed by atoms with van der Waals surface area (Å²) in [6, 6.07) is 10.2. The molecular weight excluding hydrogens is 200 g/mol. The maximum absolute atomic E-state index is 5.56. The third-order valence-corrected chi connectivity index (χ3v) is 2.52. The van der Waals surface area contributed by atoms with Gasteiger partial charge in [-0.15, -0.1) is 0 Å². The van der Waals surface area contributed by atoms with Gasteiger partial charge in [-0.25, -0.2) is 0 Å². The zero-order valence-corrected chi connectivity index (χ0v) is 10.3. The molecule has 1 unspecified atom stereocenters. The molecule has 16 heavy (non-hydrogen) atoms. The van der Waals surface area contributed by atoms with E-state index in [4.69, 9.17) is 9.47 Å². The van der Waals surface area contributed by atoms with Crippen molar-refractivity contribution >= 4 is 0 Å². The molecule has 1 aromatic rings. The summed E-state index contributed by atoms with van der Waals surface area (Å²) in [7, 11) is 0. The van der Waals surface area contributed by atoms with E-state index in [0.717, 1.165) is 26.1 Å². The maximum atomic E-state index is 5.56. The third-order valence-electron chi connectivity index (χ3n) is 2.52. The van der Waals surface area contributed by atoms with Crippen LogP contribution in [0.25, 0.3) is 0 Å². The van der Waals surface area contributed by atoms with E-state index in [1.165, 1.54) is 5.56 Å². The van der Waals surface area contributed by atoms with Crippen LogP contribution in [0.5, 0.6) is 0 Å². The molecule has 90 valence electrons. The van der Waals surface area contributed by atoms with Crippen LogP contribution in [-0.4, -0.2) is 19.3 Å². The molecule has 0 saturated carbocycles. The van der Waals surface area contributed by atoms with E-state index in [-0.39, 0.29) is 0 Å². The molecule has 0 aliphatic heterocycles. The molecule has 0 saturated heterocycles. The van der Waals surface area contributed by atoms with Gasteiger partial charge in [-0.1, -0.05) is 37.3 Å². The first kappa shape index (κ1) is 13.2. The lowest BCUT2D eigenvalue weighted by Gasteiger charge is -2.10. The largest absolute Gasteiger partial charge is 0.378 e. The van der Waals surface area contributed by atoms with Gasteiger partial charge in [-0.2, -0.15) is 0 Å². The Morgan fingerprint density at radius 1 is 1.12 bits per heavy atom.